The SMILES string of the molecule is B[PH]1(OCOC(C)=O)OC[C@H]2O[C@@H](n3cnc4c(=O)[nH]c(N)nc43)C(O)[C@H]2O1. The zero-order valence-corrected chi connectivity index (χ0v) is 16.0. The van der Waals surface area contributed by atoms with Gasteiger partial charge < -0.3 is 0 Å². The molecule has 2 fully saturated rings. The van der Waals surface area contributed by atoms with Crippen LogP contribution < -0.4 is 11.3 Å². The van der Waals surface area contributed by atoms with Crippen LogP contribution in [0.25, 0.3) is 11.2 Å². The van der Waals surface area contributed by atoms with Crippen LogP contribution in [0.4, 0.5) is 5.95 Å². The van der Waals surface area contributed by atoms with Gasteiger partial charge in [-0.2, -0.15) is 0 Å². The van der Waals surface area contributed by atoms with Crippen LogP contribution in [0.2, 0.25) is 0 Å². The van der Waals surface area contributed by atoms with Gasteiger partial charge in [0.25, 0.3) is 0 Å². The van der Waals surface area contributed by atoms with Crippen LogP contribution in [-0.4, -0.2) is 69.9 Å². The maximum absolute atomic E-state index is 11.9. The van der Waals surface area contributed by atoms with Crippen LogP contribution >= 0.6 is 7.82 Å². The second kappa shape index (κ2) is 7.06. The molecule has 2 aliphatic heterocycles. The van der Waals surface area contributed by atoms with E-state index in [0.717, 1.165) is 0 Å². The number of rotatable bonds is 4. The topological polar surface area (TPSA) is 173 Å². The van der Waals surface area contributed by atoms with Crippen molar-refractivity contribution in [3.63, 3.8) is 0 Å². The Balaban J connectivity index is 1.55. The van der Waals surface area contributed by atoms with E-state index in [1.807, 2.05) is 0 Å². The van der Waals surface area contributed by atoms with Crippen molar-refractivity contribution in [2.45, 2.75) is 31.5 Å². The summed E-state index contributed by atoms with van der Waals surface area (Å²) in [5.74, 6) is -0.577. The molecule has 0 bridgehead atoms. The van der Waals surface area contributed by atoms with Crippen molar-refractivity contribution in [2.75, 3.05) is 19.1 Å². The van der Waals surface area contributed by atoms with E-state index in [2.05, 4.69) is 15.0 Å². The second-order valence-corrected chi connectivity index (χ2v) is 9.02. The molecule has 2 aromatic rings. The number of anilines is 1. The van der Waals surface area contributed by atoms with Gasteiger partial charge in [0.15, 0.2) is 0 Å². The van der Waals surface area contributed by atoms with Gasteiger partial charge in [-0.05, 0) is 0 Å². The molecule has 2 aliphatic rings. The summed E-state index contributed by atoms with van der Waals surface area (Å²) < 4.78 is 29.0. The Hall–Kier alpha value is -2.09. The molecule has 2 saturated heterocycles. The Kier molecular flexibility index (Phi) is 4.85. The molecule has 4 heterocycles. The van der Waals surface area contributed by atoms with Gasteiger partial charge in [-0.15, -0.1) is 0 Å². The summed E-state index contributed by atoms with van der Waals surface area (Å²) in [7, 11) is -1.52. The molecule has 0 amide bonds. The number of carbonyl (C=O) groups is 1. The van der Waals surface area contributed by atoms with Crippen molar-refractivity contribution in [3.8, 4) is 0 Å². The standard InChI is InChI=1S/C13H19BN5O8P/c1-5(20)23-4-25-28(14)24-2-6-9(27-28)8(21)12(26-6)19-3-16-7-10(19)17-13(15)18-11(7)22/h3,6,8-9,12,21,28H,2,4,14H2,1H3,(H3,15,17,18,22)/t6-,8?,9+,12-/m1/s1. The van der Waals surface area contributed by atoms with E-state index in [9.17, 15) is 14.7 Å². The fourth-order valence-electron chi connectivity index (χ4n) is 3.17. The molecular formula is C13H19BN5O8P. The zero-order valence-electron chi connectivity index (χ0n) is 15.0. The third-order valence-corrected chi connectivity index (χ3v) is 6.51. The average molecular weight is 415 g/mol. The third kappa shape index (κ3) is 3.38. The number of H-pyrrole nitrogens is 1. The van der Waals surface area contributed by atoms with E-state index < -0.39 is 43.9 Å². The molecule has 152 valence electrons. The van der Waals surface area contributed by atoms with Crippen molar-refractivity contribution < 1.29 is 32.9 Å². The Morgan fingerprint density at radius 3 is 3.14 bits per heavy atom. The van der Waals surface area contributed by atoms with Crippen LogP contribution in [0.15, 0.2) is 11.1 Å². The Labute approximate surface area is 159 Å². The fraction of sp³-hybridized carbons (Fsp3) is 0.538. The van der Waals surface area contributed by atoms with Gasteiger partial charge in [0, 0.05) is 0 Å². The first-order valence-corrected chi connectivity index (χ1v) is 10.6. The van der Waals surface area contributed by atoms with Crippen LogP contribution in [0.5, 0.6) is 0 Å². The van der Waals surface area contributed by atoms with E-state index in [4.69, 9.17) is 28.8 Å². The molecule has 0 aliphatic carbocycles. The molecule has 4 N–H and O–H groups in total. The molecule has 2 aromatic heterocycles. The van der Waals surface area contributed by atoms with Crippen LogP contribution in [0.1, 0.15) is 13.2 Å². The first kappa shape index (κ1) is 19.2. The molecule has 28 heavy (non-hydrogen) atoms. The number of hydrogen-bond donors (Lipinski definition) is 3. The van der Waals surface area contributed by atoms with E-state index in [0.29, 0.717) is 0 Å². The number of nitrogens with zero attached hydrogens (tertiary/aromatic N) is 3. The Morgan fingerprint density at radius 1 is 1.61 bits per heavy atom. The first-order chi connectivity index (χ1) is 13.3. The summed E-state index contributed by atoms with van der Waals surface area (Å²) in [5.41, 5.74) is 5.36. The second-order valence-electron chi connectivity index (χ2n) is 6.48. The minimum absolute atomic E-state index is 0.0703. The van der Waals surface area contributed by atoms with E-state index in [1.165, 1.54) is 17.8 Å². The monoisotopic (exact) mass is 415 g/mol. The number of nitrogen functional groups attached to an aromatic ring is 1. The number of nitrogens with two attached hydrogens (primary N) is 1. The number of ether oxygens (including phenoxy) is 2. The van der Waals surface area contributed by atoms with Gasteiger partial charge in [-0.1, -0.05) is 0 Å². The van der Waals surface area contributed by atoms with Crippen molar-refractivity contribution in [3.05, 3.63) is 16.7 Å². The number of fused-ring (bicyclic) bond motifs is 2. The van der Waals surface area contributed by atoms with Gasteiger partial charge >= 0.3 is 158 Å². The predicted molar refractivity (Wildman–Crippen MR) is 97.9 cm³/mol. The van der Waals surface area contributed by atoms with E-state index in [-0.39, 0.29) is 30.5 Å². The average Bonchev–Trinajstić information content (AvgIpc) is 3.16. The fourth-order valence-corrected chi connectivity index (χ4v) is 4.91. The first-order valence-electron chi connectivity index (χ1n) is 8.42. The van der Waals surface area contributed by atoms with Crippen LogP contribution in [-0.2, 0) is 27.8 Å². The molecule has 4 atom stereocenters. The molecule has 1 unspecified atom stereocenters. The number of aliphatic hydroxyl groups excluding tert-OH is 1. The number of imidazole rings is 1. The quantitative estimate of drug-likeness (QED) is 0.217. The number of aromatic amines is 1. The Morgan fingerprint density at radius 2 is 2.39 bits per heavy atom. The number of aliphatic hydroxyl groups is 1. The van der Waals surface area contributed by atoms with Crippen molar-refractivity contribution in [1.29, 1.82) is 0 Å². The minimum atomic E-state index is -3.15. The van der Waals surface area contributed by atoms with Gasteiger partial charge in [-0.25, -0.2) is 0 Å². The van der Waals surface area contributed by atoms with Crippen molar-refractivity contribution in [2.24, 2.45) is 0 Å². The van der Waals surface area contributed by atoms with E-state index >= 15 is 0 Å². The Bertz CT molecular complexity index is 970. The summed E-state index contributed by atoms with van der Waals surface area (Å²) in [6.45, 7) is 1.06. The summed E-state index contributed by atoms with van der Waals surface area (Å²) in [4.78, 5) is 33.3. The number of hydrogen-bond acceptors (Lipinski definition) is 11. The van der Waals surface area contributed by atoms with Gasteiger partial charge in [-0.3, -0.25) is 0 Å². The van der Waals surface area contributed by atoms with Gasteiger partial charge in [0.2, 0.25) is 0 Å². The molecule has 4 rings (SSSR count). The molecule has 0 aromatic carbocycles. The molecule has 15 heteroatoms. The van der Waals surface area contributed by atoms with Crippen LogP contribution in [0, 0.1) is 0 Å². The van der Waals surface area contributed by atoms with Gasteiger partial charge in [0.05, 0.1) is 0 Å². The number of nitrogens with one attached hydrogen (secondary N) is 1. The number of esters is 1. The maximum atomic E-state index is 11.9. The molecule has 0 radical (unpaired) electrons. The van der Waals surface area contributed by atoms with E-state index in [1.54, 1.807) is 7.57 Å². The summed E-state index contributed by atoms with van der Waals surface area (Å²) >= 11 is 0. The number of carbonyl (C=O) groups excluding carboxylic acids is 1. The number of aromatic nitrogens is 4. The van der Waals surface area contributed by atoms with Gasteiger partial charge in [0.1, 0.15) is 0 Å². The predicted octanol–water partition coefficient (Wildman–Crippen LogP) is -2.04. The molecule has 0 saturated carbocycles. The summed E-state index contributed by atoms with van der Waals surface area (Å²) in [6, 6.07) is 0. The third-order valence-electron chi connectivity index (χ3n) is 4.48. The molecule has 13 nitrogen and oxygen atoms in total. The molecular weight excluding hydrogens is 396 g/mol. The zero-order chi connectivity index (χ0) is 20.1. The normalized spacial score (nSPS) is 30.1. The summed E-state index contributed by atoms with van der Waals surface area (Å²) in [5, 5.41) is 10.8. The van der Waals surface area contributed by atoms with Crippen molar-refractivity contribution >= 4 is 38.5 Å². The molecule has 0 spiro atoms. The van der Waals surface area contributed by atoms with Crippen molar-refractivity contribution in [1.82, 2.24) is 19.5 Å². The van der Waals surface area contributed by atoms with Crippen LogP contribution in [0.3, 0.4) is 0 Å². The summed E-state index contributed by atoms with van der Waals surface area (Å²) in [6.07, 6.45) is -2.01.